The fraction of sp³-hybridized carbons (Fsp3) is 0.219. The van der Waals surface area contributed by atoms with E-state index in [9.17, 15) is 9.59 Å². The van der Waals surface area contributed by atoms with Crippen LogP contribution in [0.15, 0.2) is 66.0 Å². The highest BCUT2D eigenvalue weighted by Gasteiger charge is 2.27. The molecule has 2 aromatic carbocycles. The molecule has 5 aromatic rings. The molecule has 6 nitrogen and oxygen atoms in total. The Morgan fingerprint density at radius 2 is 1.88 bits per heavy atom. The van der Waals surface area contributed by atoms with Crippen LogP contribution in [-0.4, -0.2) is 23.0 Å². The second-order valence-corrected chi connectivity index (χ2v) is 12.7. The van der Waals surface area contributed by atoms with Crippen LogP contribution in [0.2, 0.25) is 5.02 Å². The summed E-state index contributed by atoms with van der Waals surface area (Å²) < 4.78 is 5.54. The van der Waals surface area contributed by atoms with E-state index in [1.807, 2.05) is 23.6 Å². The first-order chi connectivity index (χ1) is 19.8. The number of ether oxygens (including phenoxy) is 1. The molecule has 208 valence electrons. The van der Waals surface area contributed by atoms with Crippen molar-refractivity contribution in [2.24, 2.45) is 0 Å². The number of thiophene rings is 2. The van der Waals surface area contributed by atoms with Gasteiger partial charge in [-0.25, -0.2) is 9.78 Å². The van der Waals surface area contributed by atoms with Crippen LogP contribution < -0.4 is 11.1 Å². The number of nitrogens with zero attached hydrogens (tertiary/aromatic N) is 1. The number of amides is 1. The van der Waals surface area contributed by atoms with Gasteiger partial charge in [-0.1, -0.05) is 54.1 Å². The zero-order valence-corrected chi connectivity index (χ0v) is 25.0. The molecule has 1 atom stereocenters. The highest BCUT2D eigenvalue weighted by atomic mass is 35.5. The van der Waals surface area contributed by atoms with Gasteiger partial charge in [0, 0.05) is 27.0 Å². The van der Waals surface area contributed by atoms with Gasteiger partial charge in [0.25, 0.3) is 5.91 Å². The summed E-state index contributed by atoms with van der Waals surface area (Å²) in [6.07, 6.45) is 2.49. The monoisotopic (exact) mass is 601 g/mol. The van der Waals surface area contributed by atoms with Gasteiger partial charge in [0.15, 0.2) is 0 Å². The minimum Gasteiger partial charge on any atom is -0.459 e. The molecule has 1 amide bonds. The first-order valence-corrected chi connectivity index (χ1v) is 15.5. The SMILES string of the molecule is CC(C)OC(=O)c1c(-c2ccc(Cl)cc2)csc1NC(=O)c1sc2nc3c(cc2c1N)CC(c1ccccc1)CC3. The molecular formula is C32H28ClN3O3S2. The van der Waals surface area contributed by atoms with Crippen molar-refractivity contribution in [2.75, 3.05) is 11.1 Å². The molecule has 0 radical (unpaired) electrons. The number of nitrogens with two attached hydrogens (primary N) is 1. The molecular weight excluding hydrogens is 574 g/mol. The van der Waals surface area contributed by atoms with Gasteiger partial charge >= 0.3 is 5.97 Å². The largest absolute Gasteiger partial charge is 0.459 e. The summed E-state index contributed by atoms with van der Waals surface area (Å²) in [7, 11) is 0. The van der Waals surface area contributed by atoms with Crippen LogP contribution in [0.5, 0.6) is 0 Å². The second-order valence-electron chi connectivity index (χ2n) is 10.4. The number of fused-ring (bicyclic) bond motifs is 2. The fourth-order valence-electron chi connectivity index (χ4n) is 5.30. The second kappa shape index (κ2) is 11.3. The smallest absolute Gasteiger partial charge is 0.342 e. The third-order valence-electron chi connectivity index (χ3n) is 7.28. The van der Waals surface area contributed by atoms with Crippen molar-refractivity contribution < 1.29 is 14.3 Å². The fourth-order valence-corrected chi connectivity index (χ4v) is 7.37. The van der Waals surface area contributed by atoms with Crippen molar-refractivity contribution >= 4 is 67.1 Å². The molecule has 3 heterocycles. The average molecular weight is 602 g/mol. The lowest BCUT2D eigenvalue weighted by molar-refractivity contribution is 0.0380. The molecule has 6 rings (SSSR count). The minimum atomic E-state index is -0.506. The van der Waals surface area contributed by atoms with Crippen molar-refractivity contribution in [1.82, 2.24) is 4.98 Å². The van der Waals surface area contributed by atoms with Gasteiger partial charge < -0.3 is 15.8 Å². The topological polar surface area (TPSA) is 94.3 Å². The quantitative estimate of drug-likeness (QED) is 0.191. The summed E-state index contributed by atoms with van der Waals surface area (Å²) in [5.74, 6) is -0.454. The van der Waals surface area contributed by atoms with E-state index >= 15 is 0 Å². The Labute approximate surface area is 251 Å². The maximum Gasteiger partial charge on any atom is 0.342 e. The van der Waals surface area contributed by atoms with Crippen LogP contribution in [0.25, 0.3) is 21.3 Å². The number of aromatic nitrogens is 1. The average Bonchev–Trinajstić information content (AvgIpc) is 3.52. The maximum absolute atomic E-state index is 13.6. The first kappa shape index (κ1) is 27.4. The summed E-state index contributed by atoms with van der Waals surface area (Å²) in [4.78, 5) is 32.8. The highest BCUT2D eigenvalue weighted by molar-refractivity contribution is 7.21. The first-order valence-electron chi connectivity index (χ1n) is 13.4. The van der Waals surface area contributed by atoms with Crippen molar-refractivity contribution in [3.05, 3.63) is 98.3 Å². The van der Waals surface area contributed by atoms with E-state index in [4.69, 9.17) is 27.1 Å². The van der Waals surface area contributed by atoms with E-state index in [2.05, 4.69) is 35.6 Å². The predicted molar refractivity (Wildman–Crippen MR) is 169 cm³/mol. The molecule has 1 aliphatic rings. The Hall–Kier alpha value is -3.72. The number of hydrogen-bond donors (Lipinski definition) is 2. The third kappa shape index (κ3) is 5.47. The van der Waals surface area contributed by atoms with Crippen LogP contribution in [0, 0.1) is 0 Å². The molecule has 0 saturated carbocycles. The van der Waals surface area contributed by atoms with Crippen LogP contribution in [0.1, 0.15) is 63.0 Å². The molecule has 3 aromatic heterocycles. The number of nitrogens with one attached hydrogen (secondary N) is 1. The molecule has 1 aliphatic carbocycles. The van der Waals surface area contributed by atoms with Crippen molar-refractivity contribution in [1.29, 1.82) is 0 Å². The summed E-state index contributed by atoms with van der Waals surface area (Å²) in [6, 6.07) is 19.8. The summed E-state index contributed by atoms with van der Waals surface area (Å²) in [5.41, 5.74) is 12.3. The Bertz CT molecular complexity index is 1760. The van der Waals surface area contributed by atoms with Crippen LogP contribution in [-0.2, 0) is 17.6 Å². The van der Waals surface area contributed by atoms with Gasteiger partial charge in [-0.2, -0.15) is 0 Å². The van der Waals surface area contributed by atoms with E-state index in [0.29, 0.717) is 37.6 Å². The molecule has 3 N–H and O–H groups in total. The van der Waals surface area contributed by atoms with Gasteiger partial charge in [0.2, 0.25) is 0 Å². The molecule has 1 unspecified atom stereocenters. The summed E-state index contributed by atoms with van der Waals surface area (Å²) >= 11 is 8.62. The number of carbonyl (C=O) groups is 2. The van der Waals surface area contributed by atoms with Crippen molar-refractivity contribution in [3.63, 3.8) is 0 Å². The number of anilines is 2. The molecule has 0 spiro atoms. The number of benzene rings is 2. The van der Waals surface area contributed by atoms with E-state index in [1.165, 1.54) is 33.8 Å². The highest BCUT2D eigenvalue weighted by Crippen LogP contribution is 2.40. The zero-order chi connectivity index (χ0) is 28.7. The van der Waals surface area contributed by atoms with E-state index < -0.39 is 5.97 Å². The number of nitrogen functional groups attached to an aromatic ring is 1. The van der Waals surface area contributed by atoms with Crippen molar-refractivity contribution in [2.45, 2.75) is 45.1 Å². The molecule has 9 heteroatoms. The van der Waals surface area contributed by atoms with E-state index in [-0.39, 0.29) is 12.0 Å². The van der Waals surface area contributed by atoms with Crippen LogP contribution >= 0.6 is 34.3 Å². The number of carbonyl (C=O) groups excluding carboxylic acids is 2. The molecule has 0 bridgehead atoms. The zero-order valence-electron chi connectivity index (χ0n) is 22.6. The van der Waals surface area contributed by atoms with Crippen molar-refractivity contribution in [3.8, 4) is 11.1 Å². The lowest BCUT2D eigenvalue weighted by Gasteiger charge is -2.24. The number of esters is 1. The van der Waals surface area contributed by atoms with Gasteiger partial charge in [-0.3, -0.25) is 4.79 Å². The molecule has 0 aliphatic heterocycles. The lowest BCUT2D eigenvalue weighted by atomic mass is 9.82. The normalized spacial score (nSPS) is 14.7. The number of aryl methyl sites for hydroxylation is 1. The lowest BCUT2D eigenvalue weighted by Crippen LogP contribution is -2.16. The standard InChI is InChI=1S/C32H28ClN3O3S2/c1-17(2)39-32(38)26-24(19-8-11-22(33)12-9-19)16-40-31(26)36-29(37)28-27(34)23-15-21-14-20(18-6-4-3-5-7-18)10-13-25(21)35-30(23)41-28/h3-9,11-12,15-17,20H,10,13-14,34H2,1-2H3,(H,36,37). The molecule has 41 heavy (non-hydrogen) atoms. The number of halogens is 1. The Morgan fingerprint density at radius 1 is 1.12 bits per heavy atom. The summed E-state index contributed by atoms with van der Waals surface area (Å²) in [5, 5.41) is 6.56. The van der Waals surface area contributed by atoms with Gasteiger partial charge in [-0.15, -0.1) is 22.7 Å². The Kier molecular flexibility index (Phi) is 7.55. The van der Waals surface area contributed by atoms with Gasteiger partial charge in [0.05, 0.1) is 11.8 Å². The van der Waals surface area contributed by atoms with E-state index in [1.54, 1.807) is 26.0 Å². The number of hydrogen-bond acceptors (Lipinski definition) is 7. The number of pyridine rings is 1. The summed E-state index contributed by atoms with van der Waals surface area (Å²) in [6.45, 7) is 3.58. The number of rotatable bonds is 6. The Balaban J connectivity index is 1.31. The predicted octanol–water partition coefficient (Wildman–Crippen LogP) is 8.35. The van der Waals surface area contributed by atoms with Crippen LogP contribution in [0.3, 0.4) is 0 Å². The maximum atomic E-state index is 13.6. The Morgan fingerprint density at radius 3 is 2.61 bits per heavy atom. The third-order valence-corrected chi connectivity index (χ3v) is 9.54. The van der Waals surface area contributed by atoms with Gasteiger partial charge in [0.1, 0.15) is 20.3 Å². The molecule has 0 fully saturated rings. The van der Waals surface area contributed by atoms with Crippen LogP contribution in [0.4, 0.5) is 10.7 Å². The minimum absolute atomic E-state index is 0.305. The molecule has 0 saturated heterocycles. The van der Waals surface area contributed by atoms with E-state index in [0.717, 1.165) is 40.7 Å². The van der Waals surface area contributed by atoms with Gasteiger partial charge in [-0.05, 0) is 73.9 Å².